The van der Waals surface area contributed by atoms with Crippen molar-refractivity contribution in [3.05, 3.63) is 0 Å². The van der Waals surface area contributed by atoms with Crippen molar-refractivity contribution in [1.82, 2.24) is 10.2 Å². The van der Waals surface area contributed by atoms with Crippen molar-refractivity contribution in [2.45, 2.75) is 52.9 Å². The van der Waals surface area contributed by atoms with Crippen molar-refractivity contribution in [2.75, 3.05) is 26.2 Å². The number of rotatable bonds is 10. The van der Waals surface area contributed by atoms with Gasteiger partial charge in [0.2, 0.25) is 5.91 Å². The molecule has 3 nitrogen and oxygen atoms in total. The maximum absolute atomic E-state index is 11.3. The Labute approximate surface area is 101 Å². The molecule has 0 saturated heterocycles. The monoisotopic (exact) mass is 228 g/mol. The van der Waals surface area contributed by atoms with Gasteiger partial charge in [0.15, 0.2) is 0 Å². The largest absolute Gasteiger partial charge is 0.343 e. The average Bonchev–Trinajstić information content (AvgIpc) is 2.26. The van der Waals surface area contributed by atoms with Crippen LogP contribution in [0.1, 0.15) is 52.9 Å². The Kier molecular flexibility index (Phi) is 10.5. The second kappa shape index (κ2) is 10.9. The van der Waals surface area contributed by atoms with Gasteiger partial charge in [-0.2, -0.15) is 0 Å². The lowest BCUT2D eigenvalue weighted by Gasteiger charge is -2.20. The molecule has 0 radical (unpaired) electrons. The van der Waals surface area contributed by atoms with Crippen molar-refractivity contribution in [3.8, 4) is 0 Å². The molecular formula is C13H28N2O. The standard InChI is InChI=1S/C13H28N2O/c1-4-6-9-14-10-8-12-15(13(3)16)11-7-5-2/h14H,4-12H2,1-3H3. The highest BCUT2D eigenvalue weighted by atomic mass is 16.2. The van der Waals surface area contributed by atoms with E-state index in [0.717, 1.165) is 45.4 Å². The van der Waals surface area contributed by atoms with Crippen molar-refractivity contribution in [2.24, 2.45) is 0 Å². The first-order valence-corrected chi connectivity index (χ1v) is 6.68. The van der Waals surface area contributed by atoms with E-state index >= 15 is 0 Å². The molecule has 0 heterocycles. The van der Waals surface area contributed by atoms with Crippen LogP contribution in [-0.2, 0) is 4.79 Å². The Balaban J connectivity index is 3.48. The van der Waals surface area contributed by atoms with Crippen LogP contribution in [0.5, 0.6) is 0 Å². The van der Waals surface area contributed by atoms with Crippen LogP contribution >= 0.6 is 0 Å². The molecule has 0 unspecified atom stereocenters. The number of hydrogen-bond acceptors (Lipinski definition) is 2. The molecular weight excluding hydrogens is 200 g/mol. The average molecular weight is 228 g/mol. The van der Waals surface area contributed by atoms with Crippen LogP contribution in [0.2, 0.25) is 0 Å². The van der Waals surface area contributed by atoms with Crippen LogP contribution in [0.25, 0.3) is 0 Å². The summed E-state index contributed by atoms with van der Waals surface area (Å²) in [6.45, 7) is 9.96. The van der Waals surface area contributed by atoms with Gasteiger partial charge in [0, 0.05) is 20.0 Å². The molecule has 3 heteroatoms. The fourth-order valence-corrected chi connectivity index (χ4v) is 1.60. The molecule has 0 aliphatic heterocycles. The summed E-state index contributed by atoms with van der Waals surface area (Å²) in [4.78, 5) is 13.3. The molecule has 0 aromatic rings. The minimum atomic E-state index is 0.210. The van der Waals surface area contributed by atoms with Gasteiger partial charge in [0.05, 0.1) is 0 Å². The number of unbranched alkanes of at least 4 members (excludes halogenated alkanes) is 2. The second-order valence-electron chi connectivity index (χ2n) is 4.32. The second-order valence-corrected chi connectivity index (χ2v) is 4.32. The van der Waals surface area contributed by atoms with Crippen molar-refractivity contribution in [3.63, 3.8) is 0 Å². The lowest BCUT2D eigenvalue weighted by molar-refractivity contribution is -0.129. The van der Waals surface area contributed by atoms with E-state index in [1.165, 1.54) is 12.8 Å². The number of carbonyl (C=O) groups excluding carboxylic acids is 1. The van der Waals surface area contributed by atoms with Gasteiger partial charge in [-0.1, -0.05) is 26.7 Å². The minimum absolute atomic E-state index is 0.210. The molecule has 0 aromatic carbocycles. The van der Waals surface area contributed by atoms with Gasteiger partial charge in [0.25, 0.3) is 0 Å². The zero-order valence-electron chi connectivity index (χ0n) is 11.2. The van der Waals surface area contributed by atoms with E-state index in [1.54, 1.807) is 6.92 Å². The fourth-order valence-electron chi connectivity index (χ4n) is 1.60. The van der Waals surface area contributed by atoms with Gasteiger partial charge in [0.1, 0.15) is 0 Å². The summed E-state index contributed by atoms with van der Waals surface area (Å²) in [5.74, 6) is 0.210. The molecule has 96 valence electrons. The summed E-state index contributed by atoms with van der Waals surface area (Å²) in [6, 6.07) is 0. The molecule has 16 heavy (non-hydrogen) atoms. The Hall–Kier alpha value is -0.570. The summed E-state index contributed by atoms with van der Waals surface area (Å²) in [7, 11) is 0. The SMILES string of the molecule is CCCCNCCCN(CCCC)C(C)=O. The van der Waals surface area contributed by atoms with E-state index in [1.807, 2.05) is 4.90 Å². The molecule has 0 aliphatic rings. The maximum Gasteiger partial charge on any atom is 0.219 e. The Morgan fingerprint density at radius 2 is 1.56 bits per heavy atom. The van der Waals surface area contributed by atoms with Crippen molar-refractivity contribution < 1.29 is 4.79 Å². The molecule has 0 fully saturated rings. The smallest absolute Gasteiger partial charge is 0.219 e. The van der Waals surface area contributed by atoms with Crippen LogP contribution in [0.4, 0.5) is 0 Å². The zero-order valence-corrected chi connectivity index (χ0v) is 11.2. The molecule has 1 N–H and O–H groups in total. The highest BCUT2D eigenvalue weighted by Crippen LogP contribution is 1.97. The Morgan fingerprint density at radius 1 is 1.00 bits per heavy atom. The van der Waals surface area contributed by atoms with Gasteiger partial charge in [-0.25, -0.2) is 0 Å². The highest BCUT2D eigenvalue weighted by molar-refractivity contribution is 5.73. The quantitative estimate of drug-likeness (QED) is 0.582. The van der Waals surface area contributed by atoms with Gasteiger partial charge in [-0.15, -0.1) is 0 Å². The number of nitrogens with one attached hydrogen (secondary N) is 1. The van der Waals surface area contributed by atoms with Gasteiger partial charge < -0.3 is 10.2 Å². The molecule has 0 rings (SSSR count). The maximum atomic E-state index is 11.3. The van der Waals surface area contributed by atoms with Crippen LogP contribution in [0, 0.1) is 0 Å². The van der Waals surface area contributed by atoms with E-state index < -0.39 is 0 Å². The summed E-state index contributed by atoms with van der Waals surface area (Å²) in [6.07, 6.45) is 5.81. The first-order chi connectivity index (χ1) is 7.72. The molecule has 0 saturated carbocycles. The molecule has 0 aromatic heterocycles. The number of amides is 1. The third-order valence-electron chi connectivity index (χ3n) is 2.72. The van der Waals surface area contributed by atoms with Crippen molar-refractivity contribution in [1.29, 1.82) is 0 Å². The fraction of sp³-hybridized carbons (Fsp3) is 0.923. The summed E-state index contributed by atoms with van der Waals surface area (Å²) >= 11 is 0. The summed E-state index contributed by atoms with van der Waals surface area (Å²) in [5.41, 5.74) is 0. The zero-order chi connectivity index (χ0) is 12.2. The topological polar surface area (TPSA) is 32.3 Å². The molecule has 0 spiro atoms. The Bertz CT molecular complexity index is 171. The van der Waals surface area contributed by atoms with Crippen LogP contribution < -0.4 is 5.32 Å². The van der Waals surface area contributed by atoms with E-state index in [2.05, 4.69) is 19.2 Å². The minimum Gasteiger partial charge on any atom is -0.343 e. The molecule has 0 bridgehead atoms. The lowest BCUT2D eigenvalue weighted by Crippen LogP contribution is -2.32. The highest BCUT2D eigenvalue weighted by Gasteiger charge is 2.06. The van der Waals surface area contributed by atoms with E-state index in [-0.39, 0.29) is 5.91 Å². The number of nitrogens with zero attached hydrogens (tertiary/aromatic N) is 1. The first-order valence-electron chi connectivity index (χ1n) is 6.68. The molecule has 0 aliphatic carbocycles. The predicted octanol–water partition coefficient (Wildman–Crippen LogP) is 2.41. The van der Waals surface area contributed by atoms with Crippen LogP contribution in [-0.4, -0.2) is 37.0 Å². The van der Waals surface area contributed by atoms with E-state index in [0.29, 0.717) is 0 Å². The number of carbonyl (C=O) groups is 1. The lowest BCUT2D eigenvalue weighted by atomic mass is 10.3. The van der Waals surface area contributed by atoms with Gasteiger partial charge in [-0.05, 0) is 32.4 Å². The normalized spacial score (nSPS) is 10.4. The van der Waals surface area contributed by atoms with Crippen LogP contribution in [0.15, 0.2) is 0 Å². The summed E-state index contributed by atoms with van der Waals surface area (Å²) in [5, 5.41) is 3.40. The third-order valence-corrected chi connectivity index (χ3v) is 2.72. The van der Waals surface area contributed by atoms with Crippen LogP contribution in [0.3, 0.4) is 0 Å². The number of hydrogen-bond donors (Lipinski definition) is 1. The van der Waals surface area contributed by atoms with E-state index in [4.69, 9.17) is 0 Å². The van der Waals surface area contributed by atoms with E-state index in [9.17, 15) is 4.79 Å². The van der Waals surface area contributed by atoms with Gasteiger partial charge >= 0.3 is 0 Å². The first kappa shape index (κ1) is 15.4. The third kappa shape index (κ3) is 8.72. The molecule has 0 atom stereocenters. The van der Waals surface area contributed by atoms with Gasteiger partial charge in [-0.3, -0.25) is 4.79 Å². The van der Waals surface area contributed by atoms with Crippen molar-refractivity contribution >= 4 is 5.91 Å². The molecule has 1 amide bonds. The Morgan fingerprint density at radius 3 is 2.12 bits per heavy atom. The summed E-state index contributed by atoms with van der Waals surface area (Å²) < 4.78 is 0. The predicted molar refractivity (Wildman–Crippen MR) is 69.6 cm³/mol.